The molecular formula is C12H28N4. The van der Waals surface area contributed by atoms with E-state index in [1.165, 1.54) is 0 Å². The maximum absolute atomic E-state index is 4.35. The highest BCUT2D eigenvalue weighted by atomic mass is 15.7. The Morgan fingerprint density at radius 2 is 0.688 bits per heavy atom. The van der Waals surface area contributed by atoms with Crippen molar-refractivity contribution < 1.29 is 0 Å². The molecule has 16 heavy (non-hydrogen) atoms. The third-order valence-electron chi connectivity index (χ3n) is 2.36. The summed E-state index contributed by atoms with van der Waals surface area (Å²) in [6.07, 6.45) is 0. The van der Waals surface area contributed by atoms with Gasteiger partial charge in [-0.2, -0.15) is 0 Å². The topological polar surface area (TPSA) is 31.2 Å². The van der Waals surface area contributed by atoms with Crippen molar-refractivity contribution in [2.24, 2.45) is 10.4 Å². The highest BCUT2D eigenvalue weighted by Crippen LogP contribution is 2.10. The standard InChI is InChI=1S/C12H28N4/c1-9(2)15(10(3)4)13-14-16(11(5)6)12(7)8/h9-12H,1-8H3. The lowest BCUT2D eigenvalue weighted by Gasteiger charge is -2.30. The Kier molecular flexibility index (Phi) is 6.38. The summed E-state index contributed by atoms with van der Waals surface area (Å²) in [5.41, 5.74) is 0. The predicted molar refractivity (Wildman–Crippen MR) is 69.1 cm³/mol. The molecule has 0 amide bonds. The van der Waals surface area contributed by atoms with Crippen LogP contribution >= 0.6 is 0 Å². The Morgan fingerprint density at radius 1 is 0.500 bits per heavy atom. The Labute approximate surface area is 101 Å². The number of hydrogen-bond donors (Lipinski definition) is 0. The van der Waals surface area contributed by atoms with E-state index in [-0.39, 0.29) is 0 Å². The van der Waals surface area contributed by atoms with Gasteiger partial charge in [-0.05, 0) is 55.4 Å². The molecule has 0 heterocycles. The average molecular weight is 228 g/mol. The summed E-state index contributed by atoms with van der Waals surface area (Å²) in [5.74, 6) is 0. The first-order chi connectivity index (χ1) is 7.27. The molecule has 0 rings (SSSR count). The van der Waals surface area contributed by atoms with Crippen molar-refractivity contribution in [2.75, 3.05) is 0 Å². The van der Waals surface area contributed by atoms with Crippen LogP contribution in [-0.4, -0.2) is 34.2 Å². The van der Waals surface area contributed by atoms with Crippen molar-refractivity contribution in [1.29, 1.82) is 0 Å². The lowest BCUT2D eigenvalue weighted by Crippen LogP contribution is -2.35. The fraction of sp³-hybridized carbons (Fsp3) is 1.00. The van der Waals surface area contributed by atoms with Crippen LogP contribution in [0.15, 0.2) is 10.4 Å². The maximum atomic E-state index is 4.35. The van der Waals surface area contributed by atoms with Crippen LogP contribution in [0.2, 0.25) is 0 Å². The number of rotatable bonds is 6. The van der Waals surface area contributed by atoms with Gasteiger partial charge in [0.2, 0.25) is 0 Å². The van der Waals surface area contributed by atoms with E-state index < -0.39 is 0 Å². The minimum Gasteiger partial charge on any atom is -0.272 e. The van der Waals surface area contributed by atoms with Crippen molar-refractivity contribution in [3.63, 3.8) is 0 Å². The quantitative estimate of drug-likeness (QED) is 0.514. The van der Waals surface area contributed by atoms with Crippen molar-refractivity contribution in [1.82, 2.24) is 10.0 Å². The molecule has 4 heteroatoms. The smallest absolute Gasteiger partial charge is 0.0434 e. The van der Waals surface area contributed by atoms with E-state index in [0.29, 0.717) is 24.2 Å². The van der Waals surface area contributed by atoms with E-state index >= 15 is 0 Å². The molecule has 0 bridgehead atoms. The average Bonchev–Trinajstić information content (AvgIpc) is 2.09. The fourth-order valence-electron chi connectivity index (χ4n) is 1.70. The summed E-state index contributed by atoms with van der Waals surface area (Å²) in [7, 11) is 0. The van der Waals surface area contributed by atoms with Crippen LogP contribution in [0.1, 0.15) is 55.4 Å². The second-order valence-corrected chi connectivity index (χ2v) is 5.31. The summed E-state index contributed by atoms with van der Waals surface area (Å²) in [4.78, 5) is 0. The van der Waals surface area contributed by atoms with Gasteiger partial charge in [-0.3, -0.25) is 10.0 Å². The summed E-state index contributed by atoms with van der Waals surface area (Å²) in [5, 5.41) is 12.8. The molecular weight excluding hydrogens is 200 g/mol. The molecule has 0 aliphatic rings. The van der Waals surface area contributed by atoms with E-state index in [1.807, 2.05) is 10.0 Å². The second kappa shape index (κ2) is 6.71. The van der Waals surface area contributed by atoms with Crippen molar-refractivity contribution >= 4 is 0 Å². The summed E-state index contributed by atoms with van der Waals surface area (Å²) >= 11 is 0. The molecule has 0 saturated carbocycles. The van der Waals surface area contributed by atoms with E-state index in [1.54, 1.807) is 0 Å². The molecule has 96 valence electrons. The van der Waals surface area contributed by atoms with Gasteiger partial charge >= 0.3 is 0 Å². The molecule has 0 aromatic heterocycles. The van der Waals surface area contributed by atoms with Crippen molar-refractivity contribution in [3.05, 3.63) is 0 Å². The number of hydrogen-bond acceptors (Lipinski definition) is 2. The third kappa shape index (κ3) is 4.81. The van der Waals surface area contributed by atoms with Gasteiger partial charge in [0.1, 0.15) is 0 Å². The van der Waals surface area contributed by atoms with Crippen LogP contribution < -0.4 is 0 Å². The van der Waals surface area contributed by atoms with E-state index in [4.69, 9.17) is 0 Å². The molecule has 0 spiro atoms. The first kappa shape index (κ1) is 15.2. The molecule has 0 aliphatic heterocycles. The van der Waals surface area contributed by atoms with Crippen LogP contribution in [0.5, 0.6) is 0 Å². The largest absolute Gasteiger partial charge is 0.272 e. The van der Waals surface area contributed by atoms with Gasteiger partial charge in [-0.25, -0.2) is 0 Å². The van der Waals surface area contributed by atoms with Crippen LogP contribution in [0.25, 0.3) is 0 Å². The molecule has 0 fully saturated rings. The summed E-state index contributed by atoms with van der Waals surface area (Å²) < 4.78 is 0. The van der Waals surface area contributed by atoms with Crippen LogP contribution in [-0.2, 0) is 0 Å². The molecule has 0 aromatic rings. The van der Waals surface area contributed by atoms with Crippen molar-refractivity contribution in [2.45, 2.75) is 79.6 Å². The van der Waals surface area contributed by atoms with Gasteiger partial charge in [0.25, 0.3) is 0 Å². The minimum atomic E-state index is 0.380. The van der Waals surface area contributed by atoms with Crippen LogP contribution in [0.3, 0.4) is 0 Å². The molecule has 0 N–H and O–H groups in total. The molecule has 0 aromatic carbocycles. The van der Waals surface area contributed by atoms with Crippen molar-refractivity contribution in [3.8, 4) is 0 Å². The van der Waals surface area contributed by atoms with Gasteiger partial charge < -0.3 is 0 Å². The Hall–Kier alpha value is -0.800. The highest BCUT2D eigenvalue weighted by Gasteiger charge is 2.14. The Balaban J connectivity index is 4.63. The van der Waals surface area contributed by atoms with Crippen LogP contribution in [0.4, 0.5) is 0 Å². The first-order valence-corrected chi connectivity index (χ1v) is 6.25. The Bertz CT molecular complexity index is 171. The molecule has 0 saturated heterocycles. The molecule has 0 aliphatic carbocycles. The first-order valence-electron chi connectivity index (χ1n) is 6.25. The van der Waals surface area contributed by atoms with E-state index in [2.05, 4.69) is 65.8 Å². The SMILES string of the molecule is CC(C)N(N=NN(C(C)C)C(C)C)C(C)C. The van der Waals surface area contributed by atoms with Crippen LogP contribution in [0, 0.1) is 0 Å². The fourth-order valence-corrected chi connectivity index (χ4v) is 1.70. The zero-order valence-corrected chi connectivity index (χ0v) is 12.1. The highest BCUT2D eigenvalue weighted by molar-refractivity contribution is 4.63. The second-order valence-electron chi connectivity index (χ2n) is 5.31. The van der Waals surface area contributed by atoms with Gasteiger partial charge in [-0.15, -0.1) is 0 Å². The van der Waals surface area contributed by atoms with Gasteiger partial charge in [0, 0.05) is 24.2 Å². The monoisotopic (exact) mass is 228 g/mol. The zero-order valence-electron chi connectivity index (χ0n) is 12.1. The summed E-state index contributed by atoms with van der Waals surface area (Å²) in [6.45, 7) is 17.1. The van der Waals surface area contributed by atoms with E-state index in [0.717, 1.165) is 0 Å². The molecule has 4 nitrogen and oxygen atoms in total. The van der Waals surface area contributed by atoms with Gasteiger partial charge in [0.05, 0.1) is 0 Å². The summed E-state index contributed by atoms with van der Waals surface area (Å²) in [6, 6.07) is 1.52. The van der Waals surface area contributed by atoms with Gasteiger partial charge in [0.15, 0.2) is 0 Å². The molecule has 0 atom stereocenters. The lowest BCUT2D eigenvalue weighted by molar-refractivity contribution is 0.106. The van der Waals surface area contributed by atoms with Gasteiger partial charge in [-0.1, -0.05) is 10.4 Å². The maximum Gasteiger partial charge on any atom is 0.0434 e. The Morgan fingerprint density at radius 3 is 0.812 bits per heavy atom. The molecule has 0 unspecified atom stereocenters. The molecule has 0 radical (unpaired) electrons. The lowest BCUT2D eigenvalue weighted by atomic mass is 10.3. The predicted octanol–water partition coefficient (Wildman–Crippen LogP) is 3.51. The number of nitrogens with zero attached hydrogens (tertiary/aromatic N) is 4. The zero-order chi connectivity index (χ0) is 12.9. The normalized spacial score (nSPS) is 12.5. The van der Waals surface area contributed by atoms with E-state index in [9.17, 15) is 0 Å². The third-order valence-corrected chi connectivity index (χ3v) is 2.36. The minimum absolute atomic E-state index is 0.380.